The van der Waals surface area contributed by atoms with Crippen LogP contribution in [0.3, 0.4) is 0 Å². The van der Waals surface area contributed by atoms with E-state index in [4.69, 9.17) is 28.4 Å². The molecule has 2 aliphatic rings. The predicted octanol–water partition coefficient (Wildman–Crippen LogP) is 2.23. The molecule has 6 nitrogen and oxygen atoms in total. The molecule has 132 valence electrons. The number of fused-ring (bicyclic) bond motifs is 1. The highest BCUT2D eigenvalue weighted by Gasteiger charge is 2.57. The molecule has 0 aromatic heterocycles. The van der Waals surface area contributed by atoms with Crippen LogP contribution in [0.25, 0.3) is 0 Å². The second-order valence-electron chi connectivity index (χ2n) is 5.90. The van der Waals surface area contributed by atoms with E-state index in [1.165, 1.54) is 7.11 Å². The van der Waals surface area contributed by atoms with Crippen LogP contribution in [0, 0.1) is 0 Å². The first-order valence-corrected chi connectivity index (χ1v) is 8.05. The van der Waals surface area contributed by atoms with Crippen LogP contribution < -0.4 is 0 Å². The lowest BCUT2D eigenvalue weighted by atomic mass is 10.1. The fraction of sp³-hybridized carbons (Fsp3) is 0.556. The Morgan fingerprint density at radius 2 is 2.04 bits per heavy atom. The molecule has 2 heterocycles. The van der Waals surface area contributed by atoms with Gasteiger partial charge in [-0.15, -0.1) is 6.58 Å². The highest BCUT2D eigenvalue weighted by molar-refractivity contribution is 5.13. The molecule has 6 heteroatoms. The van der Waals surface area contributed by atoms with Gasteiger partial charge in [0, 0.05) is 14.0 Å². The average Bonchev–Trinajstić information content (AvgIpc) is 3.08. The molecule has 0 spiro atoms. The zero-order chi connectivity index (χ0) is 17.0. The second-order valence-corrected chi connectivity index (χ2v) is 5.90. The Bertz CT molecular complexity index is 536. The Morgan fingerprint density at radius 1 is 1.25 bits per heavy atom. The third-order valence-electron chi connectivity index (χ3n) is 4.12. The largest absolute Gasteiger partial charge is 0.374 e. The van der Waals surface area contributed by atoms with E-state index in [-0.39, 0.29) is 18.3 Å². The van der Waals surface area contributed by atoms with E-state index >= 15 is 0 Å². The summed E-state index contributed by atoms with van der Waals surface area (Å²) in [5.74, 6) is -1.11. The highest BCUT2D eigenvalue weighted by Crippen LogP contribution is 2.39. The number of hydrogen-bond donors (Lipinski definition) is 0. The standard InChI is InChI=1S/C18H24O6/c1-4-10-21-15-14(12-20-11-13-8-6-5-7-9-13)22-17-16(15)23-18(2,19-3)24-17/h4-9,14-17H,1,10-12H2,2-3H3/t14-,15-,16-,17-,18?/m1/s1. The topological polar surface area (TPSA) is 55.4 Å². The zero-order valence-corrected chi connectivity index (χ0v) is 14.1. The maximum atomic E-state index is 5.92. The third-order valence-corrected chi connectivity index (χ3v) is 4.12. The van der Waals surface area contributed by atoms with Crippen LogP contribution in [-0.2, 0) is 35.0 Å². The van der Waals surface area contributed by atoms with E-state index in [9.17, 15) is 0 Å². The Hall–Kier alpha value is -1.28. The molecule has 0 aliphatic carbocycles. The molecule has 5 atom stereocenters. The van der Waals surface area contributed by atoms with Crippen LogP contribution in [0.2, 0.25) is 0 Å². The van der Waals surface area contributed by atoms with Gasteiger partial charge in [0.05, 0.1) is 19.8 Å². The Kier molecular flexibility index (Phi) is 5.65. The quantitative estimate of drug-likeness (QED) is 0.679. The van der Waals surface area contributed by atoms with Gasteiger partial charge in [-0.25, -0.2) is 0 Å². The van der Waals surface area contributed by atoms with Gasteiger partial charge in [0.2, 0.25) is 0 Å². The van der Waals surface area contributed by atoms with Crippen molar-refractivity contribution in [2.45, 2.75) is 44.1 Å². The SMILES string of the molecule is C=CCO[C@H]1[C@H]2OC(C)(OC)O[C@H]2O[C@@H]1COCc1ccccc1. The first kappa shape index (κ1) is 17.5. The van der Waals surface area contributed by atoms with Crippen LogP contribution in [-0.4, -0.2) is 50.9 Å². The van der Waals surface area contributed by atoms with Gasteiger partial charge >= 0.3 is 0 Å². The molecule has 0 N–H and O–H groups in total. The minimum Gasteiger partial charge on any atom is -0.374 e. The smallest absolute Gasteiger partial charge is 0.282 e. The highest BCUT2D eigenvalue weighted by atomic mass is 16.9. The summed E-state index contributed by atoms with van der Waals surface area (Å²) in [4.78, 5) is 0. The van der Waals surface area contributed by atoms with Gasteiger partial charge < -0.3 is 23.7 Å². The minimum absolute atomic E-state index is 0.273. The van der Waals surface area contributed by atoms with E-state index < -0.39 is 12.3 Å². The molecule has 0 amide bonds. The van der Waals surface area contributed by atoms with Crippen LogP contribution in [0.15, 0.2) is 43.0 Å². The van der Waals surface area contributed by atoms with E-state index in [2.05, 4.69) is 6.58 Å². The summed E-state index contributed by atoms with van der Waals surface area (Å²) in [6.07, 6.45) is 0.224. The van der Waals surface area contributed by atoms with Gasteiger partial charge in [-0.05, 0) is 5.56 Å². The van der Waals surface area contributed by atoms with Crippen LogP contribution in [0.4, 0.5) is 0 Å². The Labute approximate surface area is 142 Å². The van der Waals surface area contributed by atoms with E-state index in [1.807, 2.05) is 30.3 Å². The van der Waals surface area contributed by atoms with Crippen molar-refractivity contribution in [3.8, 4) is 0 Å². The number of ether oxygens (including phenoxy) is 6. The number of methoxy groups -OCH3 is 1. The molecule has 2 aliphatic heterocycles. The van der Waals surface area contributed by atoms with Crippen LogP contribution >= 0.6 is 0 Å². The van der Waals surface area contributed by atoms with Crippen LogP contribution in [0.1, 0.15) is 12.5 Å². The van der Waals surface area contributed by atoms with Gasteiger partial charge in [-0.1, -0.05) is 36.4 Å². The summed E-state index contributed by atoms with van der Waals surface area (Å²) in [5.41, 5.74) is 1.11. The lowest BCUT2D eigenvalue weighted by Crippen LogP contribution is -2.40. The summed E-state index contributed by atoms with van der Waals surface area (Å²) in [6, 6.07) is 9.99. The molecular formula is C18H24O6. The van der Waals surface area contributed by atoms with E-state index in [0.717, 1.165) is 5.56 Å². The maximum Gasteiger partial charge on any atom is 0.282 e. The van der Waals surface area contributed by atoms with Crippen molar-refractivity contribution in [1.29, 1.82) is 0 Å². The number of rotatable bonds is 8. The Morgan fingerprint density at radius 3 is 2.75 bits per heavy atom. The second kappa shape index (κ2) is 7.74. The fourth-order valence-electron chi connectivity index (χ4n) is 2.88. The molecule has 2 saturated heterocycles. The molecule has 0 radical (unpaired) electrons. The normalized spacial score (nSPS) is 35.1. The maximum absolute atomic E-state index is 5.92. The monoisotopic (exact) mass is 336 g/mol. The van der Waals surface area contributed by atoms with Gasteiger partial charge in [0.1, 0.15) is 18.3 Å². The van der Waals surface area contributed by atoms with Gasteiger partial charge in [-0.2, -0.15) is 0 Å². The van der Waals surface area contributed by atoms with E-state index in [0.29, 0.717) is 19.8 Å². The van der Waals surface area contributed by atoms with Crippen molar-refractivity contribution in [3.05, 3.63) is 48.6 Å². The molecule has 1 unspecified atom stereocenters. The molecular weight excluding hydrogens is 312 g/mol. The minimum atomic E-state index is -1.11. The molecule has 24 heavy (non-hydrogen) atoms. The zero-order valence-electron chi connectivity index (χ0n) is 14.1. The summed E-state index contributed by atoms with van der Waals surface area (Å²) in [5, 5.41) is 0. The Balaban J connectivity index is 1.57. The van der Waals surface area contributed by atoms with Crippen molar-refractivity contribution in [3.63, 3.8) is 0 Å². The molecule has 1 aromatic rings. The van der Waals surface area contributed by atoms with Crippen molar-refractivity contribution in [1.82, 2.24) is 0 Å². The first-order chi connectivity index (χ1) is 11.6. The molecule has 0 saturated carbocycles. The van der Waals surface area contributed by atoms with Gasteiger partial charge in [-0.3, -0.25) is 4.74 Å². The van der Waals surface area contributed by atoms with E-state index in [1.54, 1.807) is 13.0 Å². The van der Waals surface area contributed by atoms with Crippen LogP contribution in [0.5, 0.6) is 0 Å². The van der Waals surface area contributed by atoms with Crippen molar-refractivity contribution < 1.29 is 28.4 Å². The lowest BCUT2D eigenvalue weighted by molar-refractivity contribution is -0.345. The average molecular weight is 336 g/mol. The number of benzene rings is 1. The summed E-state index contributed by atoms with van der Waals surface area (Å²) in [7, 11) is 1.53. The molecule has 0 bridgehead atoms. The lowest BCUT2D eigenvalue weighted by Gasteiger charge is -2.26. The summed E-state index contributed by atoms with van der Waals surface area (Å²) in [6.45, 7) is 6.70. The number of hydrogen-bond acceptors (Lipinski definition) is 6. The predicted molar refractivity (Wildman–Crippen MR) is 86.1 cm³/mol. The summed E-state index contributed by atoms with van der Waals surface area (Å²) < 4.78 is 34.3. The fourth-order valence-corrected chi connectivity index (χ4v) is 2.88. The van der Waals surface area contributed by atoms with Crippen molar-refractivity contribution >= 4 is 0 Å². The molecule has 1 aromatic carbocycles. The van der Waals surface area contributed by atoms with Crippen molar-refractivity contribution in [2.24, 2.45) is 0 Å². The van der Waals surface area contributed by atoms with Gasteiger partial charge in [0.25, 0.3) is 5.97 Å². The first-order valence-electron chi connectivity index (χ1n) is 8.05. The third kappa shape index (κ3) is 3.85. The molecule has 3 rings (SSSR count). The van der Waals surface area contributed by atoms with Crippen molar-refractivity contribution in [2.75, 3.05) is 20.3 Å². The molecule has 2 fully saturated rings. The van der Waals surface area contributed by atoms with Gasteiger partial charge in [0.15, 0.2) is 6.29 Å². The summed E-state index contributed by atoms with van der Waals surface area (Å²) >= 11 is 0.